The second-order valence-electron chi connectivity index (χ2n) is 4.94. The lowest BCUT2D eigenvalue weighted by molar-refractivity contribution is 0.570. The number of hydrogen-bond acceptors (Lipinski definition) is 3. The highest BCUT2D eigenvalue weighted by Crippen LogP contribution is 2.21. The number of thioether (sulfide) groups is 1. The van der Waals surface area contributed by atoms with Crippen LogP contribution in [0, 0.1) is 12.7 Å². The van der Waals surface area contributed by atoms with Crippen LogP contribution >= 0.6 is 23.4 Å². The molecule has 0 spiro atoms. The fourth-order valence-electron chi connectivity index (χ4n) is 1.95. The third-order valence-electron chi connectivity index (χ3n) is 3.17. The van der Waals surface area contributed by atoms with Crippen LogP contribution in [0.25, 0.3) is 0 Å². The Morgan fingerprint density at radius 1 is 1.24 bits per heavy atom. The van der Waals surface area contributed by atoms with Crippen molar-refractivity contribution in [1.29, 1.82) is 0 Å². The number of benzene rings is 2. The molecule has 2 rings (SSSR count). The molecule has 0 bridgehead atoms. The molecule has 0 fully saturated rings. The van der Waals surface area contributed by atoms with Gasteiger partial charge in [-0.2, -0.15) is 0 Å². The number of aryl methyl sites for hydroxylation is 1. The molecule has 0 heterocycles. The minimum Gasteiger partial charge on any atom is -0.271 e. The van der Waals surface area contributed by atoms with E-state index in [9.17, 15) is 4.39 Å². The van der Waals surface area contributed by atoms with Gasteiger partial charge in [-0.25, -0.2) is 4.39 Å². The van der Waals surface area contributed by atoms with E-state index in [1.165, 1.54) is 16.5 Å². The smallest absolute Gasteiger partial charge is 0.142 e. The van der Waals surface area contributed by atoms with Crippen molar-refractivity contribution in [2.45, 2.75) is 24.3 Å². The van der Waals surface area contributed by atoms with Gasteiger partial charge in [-0.3, -0.25) is 11.3 Å². The Labute approximate surface area is 133 Å². The molecule has 0 amide bonds. The van der Waals surface area contributed by atoms with E-state index >= 15 is 0 Å². The summed E-state index contributed by atoms with van der Waals surface area (Å²) in [4.78, 5) is 1.20. The maximum Gasteiger partial charge on any atom is 0.142 e. The lowest BCUT2D eigenvalue weighted by atomic mass is 10.1. The Hall–Kier alpha value is -1.07. The third-order valence-corrected chi connectivity index (χ3v) is 4.66. The Morgan fingerprint density at radius 3 is 2.57 bits per heavy atom. The summed E-state index contributed by atoms with van der Waals surface area (Å²) in [6.45, 7) is 2.06. The van der Waals surface area contributed by atoms with Crippen molar-refractivity contribution in [1.82, 2.24) is 5.43 Å². The number of rotatable bonds is 6. The molecule has 0 saturated heterocycles. The van der Waals surface area contributed by atoms with Crippen LogP contribution < -0.4 is 11.3 Å². The van der Waals surface area contributed by atoms with Crippen LogP contribution in [0.2, 0.25) is 5.02 Å². The third kappa shape index (κ3) is 5.00. The highest BCUT2D eigenvalue weighted by Gasteiger charge is 2.10. The molecule has 0 aliphatic carbocycles. The summed E-state index contributed by atoms with van der Waals surface area (Å²) in [5.41, 5.74) is 4.91. The molecule has 0 aliphatic heterocycles. The predicted molar refractivity (Wildman–Crippen MR) is 88.1 cm³/mol. The molecule has 0 aromatic heterocycles. The van der Waals surface area contributed by atoms with Crippen molar-refractivity contribution in [2.24, 2.45) is 5.84 Å². The van der Waals surface area contributed by atoms with Gasteiger partial charge in [0.2, 0.25) is 0 Å². The molecular formula is C16H18ClFN2S. The van der Waals surface area contributed by atoms with E-state index in [0.29, 0.717) is 6.42 Å². The molecule has 3 N–H and O–H groups in total. The first kappa shape index (κ1) is 16.3. The SMILES string of the molecule is Cc1ccc(SCC(Cc2ccc(Cl)c(F)c2)NN)cc1. The van der Waals surface area contributed by atoms with Crippen LogP contribution in [0.15, 0.2) is 47.4 Å². The van der Waals surface area contributed by atoms with Crippen LogP contribution in [0.5, 0.6) is 0 Å². The number of nitrogens with two attached hydrogens (primary N) is 1. The molecule has 0 aliphatic rings. The van der Waals surface area contributed by atoms with Crippen molar-refractivity contribution >= 4 is 23.4 Å². The number of hydrazine groups is 1. The Morgan fingerprint density at radius 2 is 1.95 bits per heavy atom. The predicted octanol–water partition coefficient (Wildman–Crippen LogP) is 3.95. The molecule has 0 radical (unpaired) electrons. The van der Waals surface area contributed by atoms with Crippen molar-refractivity contribution < 1.29 is 4.39 Å². The maximum absolute atomic E-state index is 13.4. The second kappa shape index (κ2) is 7.80. The molecule has 1 unspecified atom stereocenters. The number of nitrogens with one attached hydrogen (secondary N) is 1. The highest BCUT2D eigenvalue weighted by molar-refractivity contribution is 7.99. The Kier molecular flexibility index (Phi) is 6.06. The Balaban J connectivity index is 1.93. The van der Waals surface area contributed by atoms with Crippen molar-refractivity contribution in [3.8, 4) is 0 Å². The Bertz CT molecular complexity index is 589. The van der Waals surface area contributed by atoms with Gasteiger partial charge in [-0.05, 0) is 43.2 Å². The molecule has 21 heavy (non-hydrogen) atoms. The zero-order valence-corrected chi connectivity index (χ0v) is 13.3. The summed E-state index contributed by atoms with van der Waals surface area (Å²) in [6.07, 6.45) is 0.656. The van der Waals surface area contributed by atoms with E-state index in [0.717, 1.165) is 11.3 Å². The van der Waals surface area contributed by atoms with E-state index in [4.69, 9.17) is 17.4 Å². The van der Waals surface area contributed by atoms with Gasteiger partial charge >= 0.3 is 0 Å². The summed E-state index contributed by atoms with van der Waals surface area (Å²) in [5.74, 6) is 6.01. The summed E-state index contributed by atoms with van der Waals surface area (Å²) in [7, 11) is 0. The average molecular weight is 325 g/mol. The fraction of sp³-hybridized carbons (Fsp3) is 0.250. The molecule has 2 aromatic carbocycles. The number of halogens is 2. The fourth-order valence-corrected chi connectivity index (χ4v) is 3.00. The van der Waals surface area contributed by atoms with Gasteiger partial charge in [0, 0.05) is 16.7 Å². The van der Waals surface area contributed by atoms with E-state index in [-0.39, 0.29) is 11.1 Å². The molecule has 5 heteroatoms. The zero-order valence-electron chi connectivity index (χ0n) is 11.8. The zero-order chi connectivity index (χ0) is 15.2. The van der Waals surface area contributed by atoms with Gasteiger partial charge in [0.1, 0.15) is 5.82 Å². The van der Waals surface area contributed by atoms with Gasteiger partial charge in [-0.15, -0.1) is 11.8 Å². The van der Waals surface area contributed by atoms with E-state index in [1.54, 1.807) is 17.8 Å². The summed E-state index contributed by atoms with van der Waals surface area (Å²) < 4.78 is 13.4. The summed E-state index contributed by atoms with van der Waals surface area (Å²) >= 11 is 7.41. The monoisotopic (exact) mass is 324 g/mol. The largest absolute Gasteiger partial charge is 0.271 e. The minimum absolute atomic E-state index is 0.0666. The standard InChI is InChI=1S/C16H18ClFN2S/c1-11-2-5-14(6-3-11)21-10-13(20-19)8-12-4-7-15(17)16(18)9-12/h2-7,9,13,20H,8,10,19H2,1H3. The van der Waals surface area contributed by atoms with Crippen LogP contribution in [0.3, 0.4) is 0 Å². The van der Waals surface area contributed by atoms with E-state index in [1.807, 2.05) is 6.07 Å². The van der Waals surface area contributed by atoms with Crippen LogP contribution in [0.1, 0.15) is 11.1 Å². The van der Waals surface area contributed by atoms with Crippen LogP contribution in [-0.4, -0.2) is 11.8 Å². The van der Waals surface area contributed by atoms with E-state index < -0.39 is 5.82 Å². The first-order valence-corrected chi connectivity index (χ1v) is 8.04. The lowest BCUT2D eigenvalue weighted by Crippen LogP contribution is -2.38. The average Bonchev–Trinajstić information content (AvgIpc) is 2.49. The van der Waals surface area contributed by atoms with Gasteiger partial charge in [0.15, 0.2) is 0 Å². The first-order chi connectivity index (χ1) is 10.1. The molecule has 1 atom stereocenters. The van der Waals surface area contributed by atoms with Gasteiger partial charge < -0.3 is 0 Å². The lowest BCUT2D eigenvalue weighted by Gasteiger charge is -2.16. The molecule has 112 valence electrons. The quantitative estimate of drug-likeness (QED) is 0.480. The normalized spacial score (nSPS) is 12.4. The van der Waals surface area contributed by atoms with Crippen molar-refractivity contribution in [3.05, 3.63) is 64.4 Å². The highest BCUT2D eigenvalue weighted by atomic mass is 35.5. The summed E-state index contributed by atoms with van der Waals surface area (Å²) in [6, 6.07) is 13.3. The van der Waals surface area contributed by atoms with Gasteiger partial charge in [0.25, 0.3) is 0 Å². The first-order valence-electron chi connectivity index (χ1n) is 6.68. The van der Waals surface area contributed by atoms with Crippen molar-refractivity contribution in [3.63, 3.8) is 0 Å². The van der Waals surface area contributed by atoms with E-state index in [2.05, 4.69) is 36.6 Å². The second-order valence-corrected chi connectivity index (χ2v) is 6.44. The van der Waals surface area contributed by atoms with Gasteiger partial charge in [0.05, 0.1) is 5.02 Å². The molecular weight excluding hydrogens is 307 g/mol. The van der Waals surface area contributed by atoms with Crippen molar-refractivity contribution in [2.75, 3.05) is 5.75 Å². The molecule has 2 aromatic rings. The molecule has 2 nitrogen and oxygen atoms in total. The number of hydrogen-bond donors (Lipinski definition) is 2. The minimum atomic E-state index is -0.392. The summed E-state index contributed by atoms with van der Waals surface area (Å²) in [5, 5.41) is 0.144. The maximum atomic E-state index is 13.4. The van der Waals surface area contributed by atoms with Crippen LogP contribution in [-0.2, 0) is 6.42 Å². The molecule has 0 saturated carbocycles. The van der Waals surface area contributed by atoms with Crippen LogP contribution in [0.4, 0.5) is 4.39 Å². The topological polar surface area (TPSA) is 38.0 Å². The van der Waals surface area contributed by atoms with Gasteiger partial charge in [-0.1, -0.05) is 35.4 Å².